The van der Waals surface area contributed by atoms with Crippen LogP contribution in [0.15, 0.2) is 12.4 Å². The van der Waals surface area contributed by atoms with Gasteiger partial charge in [-0.2, -0.15) is 11.8 Å². The predicted molar refractivity (Wildman–Crippen MR) is 61.0 cm³/mol. The van der Waals surface area contributed by atoms with Gasteiger partial charge < -0.3 is 5.32 Å². The van der Waals surface area contributed by atoms with Crippen LogP contribution in [0.4, 0.5) is 5.95 Å². The number of nitrogens with one attached hydrogen (secondary N) is 1. The molecule has 0 saturated carbocycles. The Morgan fingerprint density at radius 1 is 1.50 bits per heavy atom. The van der Waals surface area contributed by atoms with E-state index in [9.17, 15) is 0 Å². The highest BCUT2D eigenvalue weighted by Gasteiger charge is 2.24. The summed E-state index contributed by atoms with van der Waals surface area (Å²) in [4.78, 5) is 8.23. The average molecular weight is 230 g/mol. The minimum Gasteiger partial charge on any atom is -0.350 e. The zero-order valence-electron chi connectivity index (χ0n) is 7.90. The van der Waals surface area contributed by atoms with E-state index in [1.54, 1.807) is 12.4 Å². The summed E-state index contributed by atoms with van der Waals surface area (Å²) < 4.78 is 0. The van der Waals surface area contributed by atoms with E-state index >= 15 is 0 Å². The second kappa shape index (κ2) is 4.36. The van der Waals surface area contributed by atoms with E-state index in [1.165, 1.54) is 12.2 Å². The molecule has 0 radical (unpaired) electrons. The number of hydrogen-bond acceptors (Lipinski definition) is 4. The lowest BCUT2D eigenvalue weighted by atomic mass is 10.2. The van der Waals surface area contributed by atoms with Gasteiger partial charge in [-0.15, -0.1) is 0 Å². The fraction of sp³-hybridized carbons (Fsp3) is 0.556. The van der Waals surface area contributed by atoms with Crippen LogP contribution in [0.3, 0.4) is 0 Å². The fourth-order valence-corrected chi connectivity index (χ4v) is 2.77. The molecule has 76 valence electrons. The quantitative estimate of drug-likeness (QED) is 0.846. The third-order valence-corrected chi connectivity index (χ3v) is 3.83. The first-order valence-corrected chi connectivity index (χ1v) is 6.04. The molecular weight excluding hydrogens is 218 g/mol. The summed E-state index contributed by atoms with van der Waals surface area (Å²) in [6.07, 6.45) is 4.41. The largest absolute Gasteiger partial charge is 0.350 e. The topological polar surface area (TPSA) is 37.8 Å². The van der Waals surface area contributed by atoms with Crippen molar-refractivity contribution in [2.75, 3.05) is 11.1 Å². The minimum atomic E-state index is 0.487. The van der Waals surface area contributed by atoms with E-state index in [0.717, 1.165) is 0 Å². The molecule has 0 aromatic carbocycles. The molecule has 2 unspecified atom stereocenters. The smallest absolute Gasteiger partial charge is 0.222 e. The third kappa shape index (κ3) is 2.30. The van der Waals surface area contributed by atoms with Crippen LogP contribution < -0.4 is 5.32 Å². The summed E-state index contributed by atoms with van der Waals surface area (Å²) in [5.74, 6) is 1.89. The van der Waals surface area contributed by atoms with E-state index in [2.05, 4.69) is 22.2 Å². The van der Waals surface area contributed by atoms with Crippen molar-refractivity contribution in [3.05, 3.63) is 17.4 Å². The molecule has 14 heavy (non-hydrogen) atoms. The van der Waals surface area contributed by atoms with Gasteiger partial charge in [-0.05, 0) is 12.2 Å². The normalized spacial score (nSPS) is 26.4. The summed E-state index contributed by atoms with van der Waals surface area (Å²) >= 11 is 7.68. The number of halogens is 1. The Labute approximate surface area is 92.7 Å². The van der Waals surface area contributed by atoms with E-state index in [-0.39, 0.29) is 0 Å². The van der Waals surface area contributed by atoms with Crippen molar-refractivity contribution >= 4 is 29.3 Å². The molecule has 3 nitrogen and oxygen atoms in total. The SMILES string of the molecule is CC1SCCC1Nc1ncc(Cl)cn1. The van der Waals surface area contributed by atoms with Crippen LogP contribution in [0.1, 0.15) is 13.3 Å². The number of anilines is 1. The van der Waals surface area contributed by atoms with Gasteiger partial charge in [0.2, 0.25) is 5.95 Å². The Kier molecular flexibility index (Phi) is 3.13. The van der Waals surface area contributed by atoms with Crippen LogP contribution in [0, 0.1) is 0 Å². The first-order valence-electron chi connectivity index (χ1n) is 4.61. The molecule has 1 aromatic rings. The molecule has 0 amide bonds. The van der Waals surface area contributed by atoms with Gasteiger partial charge in [0, 0.05) is 11.3 Å². The lowest BCUT2D eigenvalue weighted by Gasteiger charge is -2.15. The van der Waals surface area contributed by atoms with E-state index in [0.29, 0.717) is 22.3 Å². The molecule has 2 rings (SSSR count). The van der Waals surface area contributed by atoms with Gasteiger partial charge in [0.05, 0.1) is 17.4 Å². The monoisotopic (exact) mass is 229 g/mol. The molecule has 5 heteroatoms. The molecular formula is C9H12ClN3S. The van der Waals surface area contributed by atoms with E-state index in [1.807, 2.05) is 11.8 Å². The number of hydrogen-bond donors (Lipinski definition) is 1. The molecule has 1 aromatic heterocycles. The number of thioether (sulfide) groups is 1. The van der Waals surface area contributed by atoms with Crippen molar-refractivity contribution in [3.8, 4) is 0 Å². The zero-order chi connectivity index (χ0) is 9.97. The van der Waals surface area contributed by atoms with Crippen LogP contribution in [0.25, 0.3) is 0 Å². The van der Waals surface area contributed by atoms with Crippen LogP contribution in [-0.4, -0.2) is 27.0 Å². The van der Waals surface area contributed by atoms with Crippen molar-refractivity contribution in [1.82, 2.24) is 9.97 Å². The summed E-state index contributed by atoms with van der Waals surface area (Å²) in [7, 11) is 0. The van der Waals surface area contributed by atoms with Crippen LogP contribution >= 0.6 is 23.4 Å². The van der Waals surface area contributed by atoms with Gasteiger partial charge in [-0.3, -0.25) is 0 Å². The Morgan fingerprint density at radius 2 is 2.21 bits per heavy atom. The summed E-state index contributed by atoms with van der Waals surface area (Å²) in [5.41, 5.74) is 0. The number of aromatic nitrogens is 2. The molecule has 0 bridgehead atoms. The molecule has 1 fully saturated rings. The van der Waals surface area contributed by atoms with Gasteiger partial charge in [0.1, 0.15) is 0 Å². The van der Waals surface area contributed by atoms with Gasteiger partial charge in [0.15, 0.2) is 0 Å². The van der Waals surface area contributed by atoms with Crippen LogP contribution in [0.2, 0.25) is 5.02 Å². The summed E-state index contributed by atoms with van der Waals surface area (Å²) in [5, 5.41) is 4.52. The average Bonchev–Trinajstić information content (AvgIpc) is 2.56. The van der Waals surface area contributed by atoms with Crippen LogP contribution in [0.5, 0.6) is 0 Å². The molecule has 1 N–H and O–H groups in total. The van der Waals surface area contributed by atoms with Gasteiger partial charge in [-0.1, -0.05) is 18.5 Å². The lowest BCUT2D eigenvalue weighted by Crippen LogP contribution is -2.25. The second-order valence-corrected chi connectivity index (χ2v) is 5.26. The highest BCUT2D eigenvalue weighted by molar-refractivity contribution is 8.00. The highest BCUT2D eigenvalue weighted by Crippen LogP contribution is 2.27. The van der Waals surface area contributed by atoms with Crippen molar-refractivity contribution < 1.29 is 0 Å². The molecule has 1 saturated heterocycles. The number of nitrogens with zero attached hydrogens (tertiary/aromatic N) is 2. The first kappa shape index (κ1) is 10.1. The van der Waals surface area contributed by atoms with Gasteiger partial charge in [-0.25, -0.2) is 9.97 Å². The molecule has 0 aliphatic carbocycles. The van der Waals surface area contributed by atoms with Crippen molar-refractivity contribution in [1.29, 1.82) is 0 Å². The van der Waals surface area contributed by atoms with Gasteiger partial charge in [0.25, 0.3) is 0 Å². The highest BCUT2D eigenvalue weighted by atomic mass is 35.5. The molecule has 1 aliphatic rings. The fourth-order valence-electron chi connectivity index (χ4n) is 1.47. The lowest BCUT2D eigenvalue weighted by molar-refractivity contribution is 0.715. The summed E-state index contributed by atoms with van der Waals surface area (Å²) in [6.45, 7) is 2.23. The summed E-state index contributed by atoms with van der Waals surface area (Å²) in [6, 6.07) is 0.487. The minimum absolute atomic E-state index is 0.487. The van der Waals surface area contributed by atoms with Crippen molar-refractivity contribution in [2.45, 2.75) is 24.6 Å². The Bertz CT molecular complexity index is 303. The van der Waals surface area contributed by atoms with Crippen molar-refractivity contribution in [3.63, 3.8) is 0 Å². The second-order valence-electron chi connectivity index (χ2n) is 3.34. The Balaban J connectivity index is 2.00. The van der Waals surface area contributed by atoms with Gasteiger partial charge >= 0.3 is 0 Å². The molecule has 2 heterocycles. The maximum Gasteiger partial charge on any atom is 0.222 e. The molecule has 0 spiro atoms. The standard InChI is InChI=1S/C9H12ClN3S/c1-6-8(2-3-14-6)13-9-11-4-7(10)5-12-9/h4-6,8H,2-3H2,1H3,(H,11,12,13). The first-order chi connectivity index (χ1) is 6.75. The molecule has 1 aliphatic heterocycles. The zero-order valence-corrected chi connectivity index (χ0v) is 9.48. The predicted octanol–water partition coefficient (Wildman–Crippen LogP) is 2.44. The van der Waals surface area contributed by atoms with E-state index < -0.39 is 0 Å². The third-order valence-electron chi connectivity index (χ3n) is 2.31. The van der Waals surface area contributed by atoms with E-state index in [4.69, 9.17) is 11.6 Å². The van der Waals surface area contributed by atoms with Crippen molar-refractivity contribution in [2.24, 2.45) is 0 Å². The molecule has 2 atom stereocenters. The van der Waals surface area contributed by atoms with Crippen LogP contribution in [-0.2, 0) is 0 Å². The maximum atomic E-state index is 5.70. The maximum absolute atomic E-state index is 5.70. The Morgan fingerprint density at radius 3 is 2.79 bits per heavy atom. The Hall–Kier alpha value is -0.480. The number of rotatable bonds is 2.